The predicted octanol–water partition coefficient (Wildman–Crippen LogP) is 7.85. The molecule has 210 valence electrons. The smallest absolute Gasteiger partial charge is 0.409 e. The Morgan fingerprint density at radius 3 is 2.24 bits per heavy atom. The molecule has 0 saturated carbocycles. The number of rotatable bonds is 11. The van der Waals surface area contributed by atoms with Gasteiger partial charge in [-0.3, -0.25) is 10.1 Å². The molecule has 7 heteroatoms. The number of furan rings is 1. The molecule has 1 heterocycles. The van der Waals surface area contributed by atoms with Crippen molar-refractivity contribution in [1.82, 2.24) is 5.32 Å². The molecule has 1 amide bonds. The Hall–Kier alpha value is -4.62. The van der Waals surface area contributed by atoms with E-state index in [0.717, 1.165) is 62.6 Å². The maximum absolute atomic E-state index is 12.1. The Bertz CT molecular complexity index is 1620. The minimum Gasteiger partial charge on any atom is -0.469 e. The van der Waals surface area contributed by atoms with Crippen molar-refractivity contribution in [2.24, 2.45) is 0 Å². The van der Waals surface area contributed by atoms with Crippen molar-refractivity contribution in [3.63, 3.8) is 0 Å². The summed E-state index contributed by atoms with van der Waals surface area (Å²) in [6, 6.07) is 30.7. The number of nitrogens with one attached hydrogen (secondary N) is 1. The van der Waals surface area contributed by atoms with Crippen molar-refractivity contribution < 1.29 is 28.2 Å². The SMILES string of the molecule is CCCCOC(=O)NC(CC(=O)OC)OCc1ccc(-c2ccc(-c3cccc4c3oc3ccccc34)cc2)cc1. The Morgan fingerprint density at radius 2 is 1.51 bits per heavy atom. The molecule has 0 aliphatic carbocycles. The van der Waals surface area contributed by atoms with E-state index in [-0.39, 0.29) is 13.0 Å². The van der Waals surface area contributed by atoms with Gasteiger partial charge in [-0.15, -0.1) is 0 Å². The zero-order valence-electron chi connectivity index (χ0n) is 23.2. The van der Waals surface area contributed by atoms with E-state index >= 15 is 0 Å². The largest absolute Gasteiger partial charge is 0.469 e. The first-order valence-corrected chi connectivity index (χ1v) is 13.8. The number of ether oxygens (including phenoxy) is 3. The van der Waals surface area contributed by atoms with Crippen molar-refractivity contribution in [2.75, 3.05) is 13.7 Å². The highest BCUT2D eigenvalue weighted by molar-refractivity contribution is 6.09. The number of methoxy groups -OCH3 is 1. The van der Waals surface area contributed by atoms with E-state index < -0.39 is 18.3 Å². The van der Waals surface area contributed by atoms with Crippen molar-refractivity contribution in [3.8, 4) is 22.3 Å². The minimum atomic E-state index is -0.861. The fourth-order valence-electron chi connectivity index (χ4n) is 4.68. The van der Waals surface area contributed by atoms with E-state index in [1.807, 2.05) is 49.4 Å². The van der Waals surface area contributed by atoms with Crippen LogP contribution in [0.4, 0.5) is 4.79 Å². The van der Waals surface area contributed by atoms with Crippen molar-refractivity contribution in [2.45, 2.75) is 39.0 Å². The van der Waals surface area contributed by atoms with Gasteiger partial charge in [0.15, 0.2) is 0 Å². The van der Waals surface area contributed by atoms with Crippen LogP contribution in [0.25, 0.3) is 44.2 Å². The van der Waals surface area contributed by atoms with Gasteiger partial charge in [0.05, 0.1) is 26.7 Å². The molecule has 1 aromatic heterocycles. The van der Waals surface area contributed by atoms with Crippen molar-refractivity contribution in [3.05, 3.63) is 96.6 Å². The van der Waals surface area contributed by atoms with Gasteiger partial charge in [-0.2, -0.15) is 0 Å². The standard InChI is InChI=1S/C34H33NO6/c1-3-4-20-39-34(37)35-31(21-32(36)38-2)40-22-23-12-14-24(15-13-23)25-16-18-26(19-17-25)27-9-7-10-29-28-8-5-6-11-30(28)41-33(27)29/h5-19,31H,3-4,20-22H2,1-2H3,(H,35,37). The number of fused-ring (bicyclic) bond motifs is 3. The topological polar surface area (TPSA) is 87.0 Å². The molecule has 5 aromatic rings. The average Bonchev–Trinajstić information content (AvgIpc) is 3.39. The van der Waals surface area contributed by atoms with Crippen LogP contribution >= 0.6 is 0 Å². The number of carbonyl (C=O) groups is 2. The lowest BCUT2D eigenvalue weighted by molar-refractivity contribution is -0.144. The number of amides is 1. The second-order valence-corrected chi connectivity index (χ2v) is 9.77. The summed E-state index contributed by atoms with van der Waals surface area (Å²) in [5, 5.41) is 4.82. The highest BCUT2D eigenvalue weighted by Gasteiger charge is 2.19. The van der Waals surface area contributed by atoms with Gasteiger partial charge in [-0.1, -0.05) is 98.3 Å². The monoisotopic (exact) mass is 551 g/mol. The third kappa shape index (κ3) is 6.76. The summed E-state index contributed by atoms with van der Waals surface area (Å²) < 4.78 is 21.9. The summed E-state index contributed by atoms with van der Waals surface area (Å²) >= 11 is 0. The van der Waals surface area contributed by atoms with Gasteiger partial charge in [0.25, 0.3) is 0 Å². The fourth-order valence-corrected chi connectivity index (χ4v) is 4.68. The van der Waals surface area contributed by atoms with Crippen LogP contribution in [-0.2, 0) is 25.6 Å². The fraction of sp³-hybridized carbons (Fsp3) is 0.235. The van der Waals surface area contributed by atoms with Gasteiger partial charge in [0.2, 0.25) is 0 Å². The normalized spacial score (nSPS) is 11.9. The average molecular weight is 552 g/mol. The van der Waals surface area contributed by atoms with Crippen molar-refractivity contribution in [1.29, 1.82) is 0 Å². The summed E-state index contributed by atoms with van der Waals surface area (Å²) in [6.45, 7) is 2.53. The highest BCUT2D eigenvalue weighted by Crippen LogP contribution is 2.36. The first kappa shape index (κ1) is 27.9. The van der Waals surface area contributed by atoms with Crippen LogP contribution in [-0.4, -0.2) is 32.0 Å². The second-order valence-electron chi connectivity index (χ2n) is 9.77. The maximum atomic E-state index is 12.1. The van der Waals surface area contributed by atoms with Gasteiger partial charge in [0.1, 0.15) is 17.4 Å². The van der Waals surface area contributed by atoms with Crippen LogP contribution in [0.15, 0.2) is 95.4 Å². The van der Waals surface area contributed by atoms with E-state index in [0.29, 0.717) is 6.61 Å². The van der Waals surface area contributed by atoms with Gasteiger partial charge in [-0.05, 0) is 34.7 Å². The third-order valence-corrected chi connectivity index (χ3v) is 6.93. The molecule has 4 aromatic carbocycles. The van der Waals surface area contributed by atoms with E-state index in [1.165, 1.54) is 7.11 Å². The molecular formula is C34H33NO6. The molecule has 1 unspecified atom stereocenters. The molecule has 41 heavy (non-hydrogen) atoms. The van der Waals surface area contributed by atoms with Gasteiger partial charge < -0.3 is 18.6 Å². The Kier molecular flexibility index (Phi) is 8.96. The molecule has 5 rings (SSSR count). The predicted molar refractivity (Wildman–Crippen MR) is 159 cm³/mol. The zero-order valence-corrected chi connectivity index (χ0v) is 23.2. The lowest BCUT2D eigenvalue weighted by Gasteiger charge is -2.18. The molecule has 0 saturated heterocycles. The molecule has 0 aliphatic heterocycles. The number of unbranched alkanes of at least 4 members (excludes halogenated alkanes) is 1. The number of para-hydroxylation sites is 2. The van der Waals surface area contributed by atoms with E-state index in [2.05, 4.69) is 53.8 Å². The van der Waals surface area contributed by atoms with E-state index in [9.17, 15) is 9.59 Å². The van der Waals surface area contributed by atoms with E-state index in [1.54, 1.807) is 0 Å². The zero-order chi connectivity index (χ0) is 28.6. The summed E-state index contributed by atoms with van der Waals surface area (Å²) in [4.78, 5) is 23.9. The van der Waals surface area contributed by atoms with Crippen LogP contribution in [0, 0.1) is 0 Å². The summed E-state index contributed by atoms with van der Waals surface area (Å²) in [5.74, 6) is -0.487. The molecule has 0 spiro atoms. The van der Waals surface area contributed by atoms with E-state index in [4.69, 9.17) is 18.6 Å². The Morgan fingerprint density at radius 1 is 0.829 bits per heavy atom. The number of benzene rings is 4. The van der Waals surface area contributed by atoms with Crippen LogP contribution < -0.4 is 5.32 Å². The van der Waals surface area contributed by atoms with Crippen LogP contribution in [0.1, 0.15) is 31.7 Å². The highest BCUT2D eigenvalue weighted by atomic mass is 16.6. The van der Waals surface area contributed by atoms with Crippen LogP contribution in [0.3, 0.4) is 0 Å². The Balaban J connectivity index is 1.25. The molecule has 1 atom stereocenters. The van der Waals surface area contributed by atoms with Crippen LogP contribution in [0.2, 0.25) is 0 Å². The minimum absolute atomic E-state index is 0.119. The maximum Gasteiger partial charge on any atom is 0.409 e. The molecule has 0 radical (unpaired) electrons. The molecule has 0 bridgehead atoms. The number of esters is 1. The molecular weight excluding hydrogens is 518 g/mol. The molecule has 0 fully saturated rings. The van der Waals surface area contributed by atoms with Gasteiger partial charge >= 0.3 is 12.1 Å². The number of hydrogen-bond acceptors (Lipinski definition) is 6. The Labute approximate surface area is 239 Å². The summed E-state index contributed by atoms with van der Waals surface area (Å²) in [5.41, 5.74) is 6.96. The van der Waals surface area contributed by atoms with Gasteiger partial charge in [-0.25, -0.2) is 4.79 Å². The molecule has 1 N–H and O–H groups in total. The number of carbonyl (C=O) groups excluding carboxylic acids is 2. The first-order chi connectivity index (χ1) is 20.1. The summed E-state index contributed by atoms with van der Waals surface area (Å²) in [7, 11) is 1.30. The lowest BCUT2D eigenvalue weighted by Crippen LogP contribution is -2.39. The number of hydrogen-bond donors (Lipinski definition) is 1. The second kappa shape index (κ2) is 13.2. The van der Waals surface area contributed by atoms with Crippen LogP contribution in [0.5, 0.6) is 0 Å². The lowest BCUT2D eigenvalue weighted by atomic mass is 9.98. The summed E-state index contributed by atoms with van der Waals surface area (Å²) in [6.07, 6.45) is 0.0745. The quantitative estimate of drug-likeness (QED) is 0.102. The third-order valence-electron chi connectivity index (χ3n) is 6.93. The van der Waals surface area contributed by atoms with Gasteiger partial charge in [0, 0.05) is 16.3 Å². The molecule has 0 aliphatic rings. The first-order valence-electron chi connectivity index (χ1n) is 13.8. The number of alkyl carbamates (subject to hydrolysis) is 1. The van der Waals surface area contributed by atoms with Crippen molar-refractivity contribution >= 4 is 34.0 Å². The molecule has 7 nitrogen and oxygen atoms in total.